The van der Waals surface area contributed by atoms with Crippen molar-refractivity contribution in [2.75, 3.05) is 20.7 Å². The summed E-state index contributed by atoms with van der Waals surface area (Å²) in [6.45, 7) is 0.545. The molecule has 1 atom stereocenters. The van der Waals surface area contributed by atoms with Crippen molar-refractivity contribution in [3.8, 4) is 11.5 Å². The maximum absolute atomic E-state index is 12.4. The molecule has 2 rings (SSSR count). The van der Waals surface area contributed by atoms with E-state index in [4.69, 9.17) is 4.74 Å². The maximum Gasteiger partial charge on any atom is 0.254 e. The summed E-state index contributed by atoms with van der Waals surface area (Å²) >= 11 is 0. The van der Waals surface area contributed by atoms with Gasteiger partial charge in [-0.3, -0.25) is 9.59 Å². The largest absolute Gasteiger partial charge is 0.504 e. The van der Waals surface area contributed by atoms with Crippen LogP contribution in [0.3, 0.4) is 0 Å². The Labute approximate surface area is 117 Å². The van der Waals surface area contributed by atoms with E-state index in [0.29, 0.717) is 24.3 Å². The maximum atomic E-state index is 12.4. The topological polar surface area (TPSA) is 78.9 Å². The average Bonchev–Trinajstić information content (AvgIpc) is 2.94. The van der Waals surface area contributed by atoms with Crippen molar-refractivity contribution in [3.63, 3.8) is 0 Å². The third-order valence-electron chi connectivity index (χ3n) is 3.49. The van der Waals surface area contributed by atoms with Crippen molar-refractivity contribution < 1.29 is 19.4 Å². The van der Waals surface area contributed by atoms with E-state index in [1.807, 2.05) is 0 Å². The number of ether oxygens (including phenoxy) is 1. The molecule has 6 nitrogen and oxygen atoms in total. The molecule has 1 aliphatic heterocycles. The van der Waals surface area contributed by atoms with E-state index in [1.165, 1.54) is 19.2 Å². The number of nitrogens with zero attached hydrogens (tertiary/aromatic N) is 1. The average molecular weight is 278 g/mol. The SMILES string of the molecule is CNC(=O)C1CCCN1C(=O)c1ccc(OC)c(O)c1. The molecule has 1 aliphatic rings. The van der Waals surface area contributed by atoms with Crippen molar-refractivity contribution >= 4 is 11.8 Å². The molecule has 1 saturated heterocycles. The lowest BCUT2D eigenvalue weighted by Crippen LogP contribution is -2.44. The van der Waals surface area contributed by atoms with Gasteiger partial charge in [-0.25, -0.2) is 0 Å². The van der Waals surface area contributed by atoms with Gasteiger partial charge < -0.3 is 20.1 Å². The Morgan fingerprint density at radius 3 is 2.80 bits per heavy atom. The predicted octanol–water partition coefficient (Wildman–Crippen LogP) is 0.751. The Bertz CT molecular complexity index is 530. The molecule has 1 fully saturated rings. The first-order valence-electron chi connectivity index (χ1n) is 6.48. The van der Waals surface area contributed by atoms with Gasteiger partial charge in [-0.1, -0.05) is 0 Å². The van der Waals surface area contributed by atoms with Crippen LogP contribution in [0.25, 0.3) is 0 Å². The Kier molecular flexibility index (Phi) is 4.12. The first kappa shape index (κ1) is 14.2. The lowest BCUT2D eigenvalue weighted by molar-refractivity contribution is -0.124. The van der Waals surface area contributed by atoms with E-state index in [0.717, 1.165) is 6.42 Å². The second-order valence-corrected chi connectivity index (χ2v) is 4.66. The van der Waals surface area contributed by atoms with Crippen LogP contribution in [0.2, 0.25) is 0 Å². The Morgan fingerprint density at radius 2 is 2.20 bits per heavy atom. The lowest BCUT2D eigenvalue weighted by atomic mass is 10.1. The quantitative estimate of drug-likeness (QED) is 0.855. The summed E-state index contributed by atoms with van der Waals surface area (Å²) in [5.74, 6) is -0.192. The minimum absolute atomic E-state index is 0.0889. The van der Waals surface area contributed by atoms with Gasteiger partial charge in [0, 0.05) is 19.2 Å². The van der Waals surface area contributed by atoms with Gasteiger partial charge in [0.15, 0.2) is 11.5 Å². The number of rotatable bonds is 3. The van der Waals surface area contributed by atoms with Crippen LogP contribution in [0.1, 0.15) is 23.2 Å². The van der Waals surface area contributed by atoms with Crippen LogP contribution in [-0.4, -0.2) is 48.6 Å². The third kappa shape index (κ3) is 2.54. The highest BCUT2D eigenvalue weighted by molar-refractivity contribution is 5.98. The van der Waals surface area contributed by atoms with Gasteiger partial charge in [0.05, 0.1) is 7.11 Å². The summed E-state index contributed by atoms with van der Waals surface area (Å²) in [4.78, 5) is 25.7. The van der Waals surface area contributed by atoms with E-state index in [2.05, 4.69) is 5.32 Å². The fraction of sp³-hybridized carbons (Fsp3) is 0.429. The zero-order valence-electron chi connectivity index (χ0n) is 11.5. The molecule has 0 saturated carbocycles. The molecule has 1 unspecified atom stereocenters. The van der Waals surface area contributed by atoms with E-state index < -0.39 is 6.04 Å². The van der Waals surface area contributed by atoms with Crippen LogP contribution >= 0.6 is 0 Å². The summed E-state index contributed by atoms with van der Waals surface area (Å²) in [6.07, 6.45) is 1.46. The number of aromatic hydroxyl groups is 1. The monoisotopic (exact) mass is 278 g/mol. The van der Waals surface area contributed by atoms with E-state index in [1.54, 1.807) is 18.0 Å². The minimum Gasteiger partial charge on any atom is -0.504 e. The fourth-order valence-corrected chi connectivity index (χ4v) is 2.44. The highest BCUT2D eigenvalue weighted by Crippen LogP contribution is 2.28. The number of benzene rings is 1. The number of hydrogen-bond donors (Lipinski definition) is 2. The van der Waals surface area contributed by atoms with Crippen LogP contribution in [0.4, 0.5) is 0 Å². The summed E-state index contributed by atoms with van der Waals surface area (Å²) < 4.78 is 4.94. The lowest BCUT2D eigenvalue weighted by Gasteiger charge is -2.23. The highest BCUT2D eigenvalue weighted by Gasteiger charge is 2.34. The molecule has 0 aliphatic carbocycles. The summed E-state index contributed by atoms with van der Waals surface area (Å²) in [5, 5.41) is 12.3. The highest BCUT2D eigenvalue weighted by atomic mass is 16.5. The second-order valence-electron chi connectivity index (χ2n) is 4.66. The summed E-state index contributed by atoms with van der Waals surface area (Å²) in [7, 11) is 3.00. The zero-order chi connectivity index (χ0) is 14.7. The molecule has 6 heteroatoms. The Hall–Kier alpha value is -2.24. The van der Waals surface area contributed by atoms with Crippen LogP contribution in [0.15, 0.2) is 18.2 Å². The number of amides is 2. The summed E-state index contributed by atoms with van der Waals surface area (Å²) in [6, 6.07) is 4.05. The number of phenols is 1. The van der Waals surface area contributed by atoms with Crippen molar-refractivity contribution in [1.82, 2.24) is 10.2 Å². The molecule has 2 amide bonds. The Balaban J connectivity index is 2.22. The smallest absolute Gasteiger partial charge is 0.254 e. The zero-order valence-corrected chi connectivity index (χ0v) is 11.5. The molecule has 0 spiro atoms. The standard InChI is InChI=1S/C14H18N2O4/c1-15-13(18)10-4-3-7-16(10)14(19)9-5-6-12(20-2)11(17)8-9/h5-6,8,10,17H,3-4,7H2,1-2H3,(H,15,18). The molecule has 20 heavy (non-hydrogen) atoms. The van der Waals surface area contributed by atoms with Crippen molar-refractivity contribution in [1.29, 1.82) is 0 Å². The number of phenolic OH excluding ortho intramolecular Hbond substituents is 1. The number of carbonyl (C=O) groups is 2. The molecule has 1 aromatic rings. The number of hydrogen-bond acceptors (Lipinski definition) is 4. The normalized spacial score (nSPS) is 17.9. The van der Waals surface area contributed by atoms with Crippen LogP contribution < -0.4 is 10.1 Å². The summed E-state index contributed by atoms with van der Waals surface area (Å²) in [5.41, 5.74) is 0.346. The van der Waals surface area contributed by atoms with E-state index in [9.17, 15) is 14.7 Å². The number of likely N-dealkylation sites (N-methyl/N-ethyl adjacent to an activating group) is 1. The van der Waals surface area contributed by atoms with Crippen LogP contribution in [-0.2, 0) is 4.79 Å². The number of nitrogens with one attached hydrogen (secondary N) is 1. The number of methoxy groups -OCH3 is 1. The molecule has 1 aromatic carbocycles. The van der Waals surface area contributed by atoms with Gasteiger partial charge in [-0.05, 0) is 31.0 Å². The molecular weight excluding hydrogens is 260 g/mol. The van der Waals surface area contributed by atoms with Crippen molar-refractivity contribution in [2.45, 2.75) is 18.9 Å². The van der Waals surface area contributed by atoms with Gasteiger partial charge >= 0.3 is 0 Å². The van der Waals surface area contributed by atoms with Crippen LogP contribution in [0, 0.1) is 0 Å². The van der Waals surface area contributed by atoms with Crippen LogP contribution in [0.5, 0.6) is 11.5 Å². The fourth-order valence-electron chi connectivity index (χ4n) is 2.44. The number of carbonyl (C=O) groups excluding carboxylic acids is 2. The van der Waals surface area contributed by atoms with Gasteiger partial charge in [-0.15, -0.1) is 0 Å². The number of likely N-dealkylation sites (tertiary alicyclic amines) is 1. The molecule has 2 N–H and O–H groups in total. The van der Waals surface area contributed by atoms with E-state index in [-0.39, 0.29) is 17.6 Å². The molecule has 0 bridgehead atoms. The van der Waals surface area contributed by atoms with Gasteiger partial charge in [0.1, 0.15) is 6.04 Å². The molecular formula is C14H18N2O4. The Morgan fingerprint density at radius 1 is 1.45 bits per heavy atom. The van der Waals surface area contributed by atoms with Crippen molar-refractivity contribution in [2.24, 2.45) is 0 Å². The molecule has 1 heterocycles. The first-order valence-corrected chi connectivity index (χ1v) is 6.48. The minimum atomic E-state index is -0.434. The molecule has 0 aromatic heterocycles. The van der Waals surface area contributed by atoms with Crippen molar-refractivity contribution in [3.05, 3.63) is 23.8 Å². The van der Waals surface area contributed by atoms with Gasteiger partial charge in [-0.2, -0.15) is 0 Å². The first-order chi connectivity index (χ1) is 9.58. The second kappa shape index (κ2) is 5.81. The van der Waals surface area contributed by atoms with Gasteiger partial charge in [0.25, 0.3) is 5.91 Å². The third-order valence-corrected chi connectivity index (χ3v) is 3.49. The van der Waals surface area contributed by atoms with E-state index >= 15 is 0 Å². The molecule has 108 valence electrons. The predicted molar refractivity (Wildman–Crippen MR) is 72.8 cm³/mol. The molecule has 0 radical (unpaired) electrons. The van der Waals surface area contributed by atoms with Gasteiger partial charge in [0.2, 0.25) is 5.91 Å².